The first-order valence-electron chi connectivity index (χ1n) is 6.23. The maximum Gasteiger partial charge on any atom is 0.240 e. The Balaban J connectivity index is 2.12. The molecule has 1 saturated carbocycles. The van der Waals surface area contributed by atoms with Crippen molar-refractivity contribution in [3.05, 3.63) is 30.3 Å². The molecule has 0 heterocycles. The van der Waals surface area contributed by atoms with Crippen LogP contribution < -0.4 is 4.72 Å². The van der Waals surface area contributed by atoms with Gasteiger partial charge in [-0.05, 0) is 25.0 Å². The molecule has 100 valence electrons. The summed E-state index contributed by atoms with van der Waals surface area (Å²) >= 11 is 0. The van der Waals surface area contributed by atoms with Gasteiger partial charge in [0.2, 0.25) is 10.0 Å². The Hall–Kier alpha value is -0.910. The Bertz CT molecular complexity index is 472. The average Bonchev–Trinajstić information content (AvgIpc) is 2.40. The van der Waals surface area contributed by atoms with Gasteiger partial charge in [0.15, 0.2) is 0 Å². The molecule has 2 atom stereocenters. The van der Waals surface area contributed by atoms with E-state index in [1.54, 1.807) is 37.4 Å². The monoisotopic (exact) mass is 269 g/mol. The van der Waals surface area contributed by atoms with Crippen LogP contribution in [0.4, 0.5) is 0 Å². The molecule has 0 bridgehead atoms. The molecule has 0 amide bonds. The average molecular weight is 269 g/mol. The van der Waals surface area contributed by atoms with E-state index in [1.165, 1.54) is 0 Å². The highest BCUT2D eigenvalue weighted by atomic mass is 32.2. The first-order valence-corrected chi connectivity index (χ1v) is 7.72. The largest absolute Gasteiger partial charge is 0.380 e. The summed E-state index contributed by atoms with van der Waals surface area (Å²) in [5, 5.41) is 0. The van der Waals surface area contributed by atoms with E-state index in [0.29, 0.717) is 4.90 Å². The minimum absolute atomic E-state index is 0.0164. The molecule has 4 nitrogen and oxygen atoms in total. The third-order valence-corrected chi connectivity index (χ3v) is 4.87. The van der Waals surface area contributed by atoms with E-state index in [2.05, 4.69) is 4.72 Å². The molecule has 0 radical (unpaired) electrons. The van der Waals surface area contributed by atoms with Crippen LogP contribution >= 0.6 is 0 Å². The van der Waals surface area contributed by atoms with Gasteiger partial charge in [0, 0.05) is 13.2 Å². The summed E-state index contributed by atoms with van der Waals surface area (Å²) < 4.78 is 32.5. The first-order chi connectivity index (χ1) is 8.63. The van der Waals surface area contributed by atoms with Crippen LogP contribution in [0.5, 0.6) is 0 Å². The van der Waals surface area contributed by atoms with E-state index in [1.807, 2.05) is 0 Å². The van der Waals surface area contributed by atoms with E-state index in [9.17, 15) is 8.42 Å². The number of rotatable bonds is 4. The molecule has 1 aromatic rings. The fourth-order valence-corrected chi connectivity index (χ4v) is 3.70. The molecule has 2 rings (SSSR count). The van der Waals surface area contributed by atoms with E-state index in [0.717, 1.165) is 25.7 Å². The van der Waals surface area contributed by atoms with Gasteiger partial charge in [-0.15, -0.1) is 0 Å². The van der Waals surface area contributed by atoms with Crippen LogP contribution in [-0.4, -0.2) is 27.7 Å². The van der Waals surface area contributed by atoms with Crippen LogP contribution in [0.3, 0.4) is 0 Å². The van der Waals surface area contributed by atoms with Gasteiger partial charge < -0.3 is 4.74 Å². The van der Waals surface area contributed by atoms with Crippen LogP contribution in [0.2, 0.25) is 0 Å². The Morgan fingerprint density at radius 3 is 2.50 bits per heavy atom. The molecule has 0 spiro atoms. The fraction of sp³-hybridized carbons (Fsp3) is 0.538. The number of benzene rings is 1. The van der Waals surface area contributed by atoms with Gasteiger partial charge in [-0.1, -0.05) is 31.0 Å². The Morgan fingerprint density at radius 2 is 1.83 bits per heavy atom. The van der Waals surface area contributed by atoms with Gasteiger partial charge in [-0.3, -0.25) is 0 Å². The van der Waals surface area contributed by atoms with Gasteiger partial charge in [0.25, 0.3) is 0 Å². The predicted molar refractivity (Wildman–Crippen MR) is 69.8 cm³/mol. The molecule has 1 aliphatic carbocycles. The summed E-state index contributed by atoms with van der Waals surface area (Å²) in [6.07, 6.45) is 3.88. The van der Waals surface area contributed by atoms with E-state index in [4.69, 9.17) is 4.74 Å². The highest BCUT2D eigenvalue weighted by molar-refractivity contribution is 7.89. The summed E-state index contributed by atoms with van der Waals surface area (Å²) in [4.78, 5) is 0.311. The number of ether oxygens (including phenoxy) is 1. The second-order valence-electron chi connectivity index (χ2n) is 4.60. The number of hydrogen-bond acceptors (Lipinski definition) is 3. The van der Waals surface area contributed by atoms with E-state index >= 15 is 0 Å². The number of methoxy groups -OCH3 is 1. The molecule has 1 N–H and O–H groups in total. The normalized spacial score (nSPS) is 24.9. The van der Waals surface area contributed by atoms with Crippen LogP contribution in [-0.2, 0) is 14.8 Å². The summed E-state index contributed by atoms with van der Waals surface area (Å²) in [7, 11) is -1.79. The highest BCUT2D eigenvalue weighted by Crippen LogP contribution is 2.22. The van der Waals surface area contributed by atoms with Gasteiger partial charge >= 0.3 is 0 Å². The third-order valence-electron chi connectivity index (χ3n) is 3.37. The van der Waals surface area contributed by atoms with Gasteiger partial charge in [0.05, 0.1) is 11.0 Å². The lowest BCUT2D eigenvalue weighted by atomic mass is 9.93. The quantitative estimate of drug-likeness (QED) is 0.908. The van der Waals surface area contributed by atoms with Crippen LogP contribution in [0.1, 0.15) is 25.7 Å². The zero-order valence-electron chi connectivity index (χ0n) is 10.5. The third kappa shape index (κ3) is 3.10. The second kappa shape index (κ2) is 5.82. The molecule has 1 fully saturated rings. The Kier molecular flexibility index (Phi) is 4.37. The van der Waals surface area contributed by atoms with E-state index in [-0.39, 0.29) is 12.1 Å². The standard InChI is InChI=1S/C13H19NO3S/c1-17-13-10-6-5-9-12(13)14-18(15,16)11-7-3-2-4-8-11/h2-4,7-8,12-14H,5-6,9-10H2,1H3/t12-,13+/m0/s1. The smallest absolute Gasteiger partial charge is 0.240 e. The number of sulfonamides is 1. The van der Waals surface area contributed by atoms with Crippen molar-refractivity contribution in [2.45, 2.75) is 42.7 Å². The molecular weight excluding hydrogens is 250 g/mol. The number of nitrogens with one attached hydrogen (secondary N) is 1. The van der Waals surface area contributed by atoms with Crippen molar-refractivity contribution in [3.63, 3.8) is 0 Å². The van der Waals surface area contributed by atoms with Crippen molar-refractivity contribution < 1.29 is 13.2 Å². The molecule has 1 aliphatic rings. The SMILES string of the molecule is CO[C@@H]1CCCC[C@@H]1NS(=O)(=O)c1ccccc1. The zero-order valence-corrected chi connectivity index (χ0v) is 11.3. The zero-order chi connectivity index (χ0) is 13.0. The molecular formula is C13H19NO3S. The van der Waals surface area contributed by atoms with Gasteiger partial charge in [-0.2, -0.15) is 0 Å². The lowest BCUT2D eigenvalue weighted by Gasteiger charge is -2.30. The van der Waals surface area contributed by atoms with Crippen molar-refractivity contribution in [2.24, 2.45) is 0 Å². The van der Waals surface area contributed by atoms with Gasteiger partial charge in [-0.25, -0.2) is 13.1 Å². The molecule has 18 heavy (non-hydrogen) atoms. The lowest BCUT2D eigenvalue weighted by Crippen LogP contribution is -2.45. The second-order valence-corrected chi connectivity index (χ2v) is 6.31. The minimum Gasteiger partial charge on any atom is -0.380 e. The first kappa shape index (κ1) is 13.5. The maximum absolute atomic E-state index is 12.2. The van der Waals surface area contributed by atoms with Crippen molar-refractivity contribution in [1.82, 2.24) is 4.72 Å². The molecule has 0 saturated heterocycles. The minimum atomic E-state index is -3.43. The van der Waals surface area contributed by atoms with Crippen LogP contribution in [0.15, 0.2) is 35.2 Å². The predicted octanol–water partition coefficient (Wildman–Crippen LogP) is 1.92. The molecule has 0 aromatic heterocycles. The lowest BCUT2D eigenvalue weighted by molar-refractivity contribution is 0.0493. The van der Waals surface area contributed by atoms with Crippen LogP contribution in [0, 0.1) is 0 Å². The van der Waals surface area contributed by atoms with Crippen molar-refractivity contribution in [1.29, 1.82) is 0 Å². The van der Waals surface area contributed by atoms with Crippen LogP contribution in [0.25, 0.3) is 0 Å². The summed E-state index contributed by atoms with van der Waals surface area (Å²) in [5.41, 5.74) is 0. The Morgan fingerprint density at radius 1 is 1.17 bits per heavy atom. The van der Waals surface area contributed by atoms with Crippen molar-refractivity contribution >= 4 is 10.0 Å². The highest BCUT2D eigenvalue weighted by Gasteiger charge is 2.29. The maximum atomic E-state index is 12.2. The fourth-order valence-electron chi connectivity index (χ4n) is 2.38. The van der Waals surface area contributed by atoms with Crippen molar-refractivity contribution in [2.75, 3.05) is 7.11 Å². The molecule has 0 aliphatic heterocycles. The molecule has 5 heteroatoms. The number of hydrogen-bond donors (Lipinski definition) is 1. The topological polar surface area (TPSA) is 55.4 Å². The Labute approximate surface area is 108 Å². The summed E-state index contributed by atoms with van der Waals surface area (Å²) in [6, 6.07) is 8.35. The molecule has 0 unspecified atom stereocenters. The van der Waals surface area contributed by atoms with Crippen molar-refractivity contribution in [3.8, 4) is 0 Å². The van der Waals surface area contributed by atoms with E-state index < -0.39 is 10.0 Å². The van der Waals surface area contributed by atoms with Gasteiger partial charge in [0.1, 0.15) is 0 Å². The summed E-state index contributed by atoms with van der Waals surface area (Å²) in [6.45, 7) is 0. The summed E-state index contributed by atoms with van der Waals surface area (Å²) in [5.74, 6) is 0. The molecule has 1 aromatic carbocycles.